The molecular weight excluding hydrogens is 240 g/mol. The summed E-state index contributed by atoms with van der Waals surface area (Å²) < 4.78 is 6.52. The van der Waals surface area contributed by atoms with Crippen molar-refractivity contribution < 1.29 is 9.53 Å². The Bertz CT molecular complexity index is 343. The van der Waals surface area contributed by atoms with Crippen molar-refractivity contribution in [3.63, 3.8) is 0 Å². The van der Waals surface area contributed by atoms with Crippen LogP contribution in [0.3, 0.4) is 0 Å². The van der Waals surface area contributed by atoms with Crippen LogP contribution in [-0.2, 0) is 4.43 Å². The SMILES string of the molecule is C=CC[C@]1(CO)C[C@]1(C=C)O[Si](C)(C)C(C)(C)C. The van der Waals surface area contributed by atoms with Crippen molar-refractivity contribution in [2.45, 2.75) is 57.3 Å². The highest BCUT2D eigenvalue weighted by molar-refractivity contribution is 6.74. The molecule has 0 aromatic rings. The lowest BCUT2D eigenvalue weighted by Crippen LogP contribution is -2.46. The van der Waals surface area contributed by atoms with E-state index in [9.17, 15) is 5.11 Å². The van der Waals surface area contributed by atoms with Gasteiger partial charge in [-0.15, -0.1) is 13.2 Å². The molecule has 1 aliphatic carbocycles. The zero-order valence-corrected chi connectivity index (χ0v) is 13.5. The molecule has 104 valence electrons. The van der Waals surface area contributed by atoms with E-state index < -0.39 is 8.32 Å². The maximum absolute atomic E-state index is 9.69. The van der Waals surface area contributed by atoms with Crippen molar-refractivity contribution in [3.05, 3.63) is 25.3 Å². The van der Waals surface area contributed by atoms with Gasteiger partial charge >= 0.3 is 0 Å². The van der Waals surface area contributed by atoms with E-state index in [0.29, 0.717) is 0 Å². The first-order valence-electron chi connectivity index (χ1n) is 6.65. The molecule has 2 atom stereocenters. The normalized spacial score (nSPS) is 32.1. The number of aliphatic hydroxyl groups is 1. The summed E-state index contributed by atoms with van der Waals surface area (Å²) in [4.78, 5) is 0. The predicted molar refractivity (Wildman–Crippen MR) is 80.2 cm³/mol. The highest BCUT2D eigenvalue weighted by atomic mass is 28.4. The molecule has 0 radical (unpaired) electrons. The Labute approximate surface area is 113 Å². The minimum atomic E-state index is -1.85. The summed E-state index contributed by atoms with van der Waals surface area (Å²) in [5.74, 6) is 0. The molecule has 2 nitrogen and oxygen atoms in total. The van der Waals surface area contributed by atoms with E-state index in [1.54, 1.807) is 0 Å². The lowest BCUT2D eigenvalue weighted by molar-refractivity contribution is 0.108. The van der Waals surface area contributed by atoms with Gasteiger partial charge in [0.25, 0.3) is 0 Å². The van der Waals surface area contributed by atoms with E-state index in [1.807, 2.05) is 12.2 Å². The third-order valence-corrected chi connectivity index (χ3v) is 9.27. The number of rotatable bonds is 6. The Kier molecular flexibility index (Phi) is 4.02. The quantitative estimate of drug-likeness (QED) is 0.585. The van der Waals surface area contributed by atoms with Gasteiger partial charge < -0.3 is 9.53 Å². The van der Waals surface area contributed by atoms with Crippen molar-refractivity contribution in [2.24, 2.45) is 5.41 Å². The Morgan fingerprint density at radius 2 is 1.89 bits per heavy atom. The number of hydrogen-bond acceptors (Lipinski definition) is 2. The summed E-state index contributed by atoms with van der Waals surface area (Å²) in [6, 6.07) is 0. The average Bonchev–Trinajstić information content (AvgIpc) is 2.85. The van der Waals surface area contributed by atoms with Crippen LogP contribution in [0.4, 0.5) is 0 Å². The van der Waals surface area contributed by atoms with Gasteiger partial charge in [-0.05, 0) is 31.0 Å². The molecule has 1 rings (SSSR count). The number of allylic oxidation sites excluding steroid dienone is 1. The molecule has 0 bridgehead atoms. The monoisotopic (exact) mass is 268 g/mol. The summed E-state index contributed by atoms with van der Waals surface area (Å²) in [5, 5.41) is 9.86. The van der Waals surface area contributed by atoms with E-state index in [4.69, 9.17) is 4.43 Å². The molecule has 1 fully saturated rings. The van der Waals surface area contributed by atoms with E-state index in [-0.39, 0.29) is 22.7 Å². The lowest BCUT2D eigenvalue weighted by atomic mass is 9.98. The molecule has 0 unspecified atom stereocenters. The van der Waals surface area contributed by atoms with Crippen molar-refractivity contribution >= 4 is 8.32 Å². The maximum atomic E-state index is 9.69. The van der Waals surface area contributed by atoms with Gasteiger partial charge in [0, 0.05) is 5.41 Å². The molecule has 0 aromatic heterocycles. The molecule has 18 heavy (non-hydrogen) atoms. The molecule has 1 saturated carbocycles. The fraction of sp³-hybridized carbons (Fsp3) is 0.733. The van der Waals surface area contributed by atoms with Crippen LogP contribution in [0.2, 0.25) is 18.1 Å². The fourth-order valence-electron chi connectivity index (χ4n) is 2.32. The van der Waals surface area contributed by atoms with Gasteiger partial charge in [-0.3, -0.25) is 0 Å². The van der Waals surface area contributed by atoms with Gasteiger partial charge in [0.15, 0.2) is 8.32 Å². The van der Waals surface area contributed by atoms with Crippen molar-refractivity contribution in [3.8, 4) is 0 Å². The molecule has 1 N–H and O–H groups in total. The second-order valence-electron chi connectivity index (χ2n) is 7.06. The van der Waals surface area contributed by atoms with E-state index in [2.05, 4.69) is 47.0 Å². The predicted octanol–water partition coefficient (Wildman–Crippen LogP) is 3.89. The highest BCUT2D eigenvalue weighted by Crippen LogP contribution is 2.63. The standard InChI is InChI=1S/C15H28O2Si/c1-8-10-14(12-16)11-15(14,9-2)17-18(6,7)13(3,4)5/h8-9,16H,1-2,10-12H2,3-7H3/t14-,15+/m1/s1. The van der Waals surface area contributed by atoms with Crippen LogP contribution in [0, 0.1) is 5.41 Å². The summed E-state index contributed by atoms with van der Waals surface area (Å²) >= 11 is 0. The molecule has 3 heteroatoms. The van der Waals surface area contributed by atoms with E-state index in [0.717, 1.165) is 12.8 Å². The second-order valence-corrected chi connectivity index (χ2v) is 11.8. The minimum Gasteiger partial charge on any atom is -0.407 e. The average molecular weight is 268 g/mol. The second kappa shape index (κ2) is 4.62. The molecular formula is C15H28O2Si. The van der Waals surface area contributed by atoms with Gasteiger partial charge in [0.05, 0.1) is 12.2 Å². The van der Waals surface area contributed by atoms with Gasteiger partial charge in [0.2, 0.25) is 0 Å². The van der Waals surface area contributed by atoms with E-state index >= 15 is 0 Å². The van der Waals surface area contributed by atoms with Crippen LogP contribution >= 0.6 is 0 Å². The molecule has 0 spiro atoms. The molecule has 0 saturated heterocycles. The third kappa shape index (κ3) is 2.36. The van der Waals surface area contributed by atoms with Crippen molar-refractivity contribution in [1.82, 2.24) is 0 Å². The van der Waals surface area contributed by atoms with Crippen LogP contribution in [0.1, 0.15) is 33.6 Å². The number of hydrogen-bond donors (Lipinski definition) is 1. The Balaban J connectivity index is 2.95. The summed E-state index contributed by atoms with van der Waals surface area (Å²) in [6.45, 7) is 19.0. The zero-order valence-electron chi connectivity index (χ0n) is 12.5. The van der Waals surface area contributed by atoms with Gasteiger partial charge in [0.1, 0.15) is 0 Å². The third-order valence-electron chi connectivity index (χ3n) is 4.78. The topological polar surface area (TPSA) is 29.5 Å². The largest absolute Gasteiger partial charge is 0.407 e. The van der Waals surface area contributed by atoms with Crippen LogP contribution in [0.15, 0.2) is 25.3 Å². The molecule has 0 amide bonds. The summed E-state index contributed by atoms with van der Waals surface area (Å²) in [6.07, 6.45) is 5.41. The van der Waals surface area contributed by atoms with Crippen molar-refractivity contribution in [1.29, 1.82) is 0 Å². The first-order valence-corrected chi connectivity index (χ1v) is 9.56. The van der Waals surface area contributed by atoms with Crippen LogP contribution < -0.4 is 0 Å². The van der Waals surface area contributed by atoms with Gasteiger partial charge in [-0.1, -0.05) is 32.9 Å². The smallest absolute Gasteiger partial charge is 0.193 e. The fourth-order valence-corrected chi connectivity index (χ4v) is 3.91. The van der Waals surface area contributed by atoms with Crippen molar-refractivity contribution in [2.75, 3.05) is 6.61 Å². The Hall–Kier alpha value is -0.383. The first kappa shape index (κ1) is 15.7. The van der Waals surface area contributed by atoms with E-state index in [1.165, 1.54) is 0 Å². The zero-order chi connectivity index (χ0) is 14.2. The molecule has 0 heterocycles. The molecule has 1 aliphatic rings. The first-order chi connectivity index (χ1) is 8.10. The number of aliphatic hydroxyl groups excluding tert-OH is 1. The van der Waals surface area contributed by atoms with Crippen LogP contribution in [-0.4, -0.2) is 25.6 Å². The van der Waals surface area contributed by atoms with Crippen LogP contribution in [0.25, 0.3) is 0 Å². The molecule has 0 aromatic carbocycles. The summed E-state index contributed by atoms with van der Waals surface area (Å²) in [5.41, 5.74) is -0.537. The van der Waals surface area contributed by atoms with Crippen LogP contribution in [0.5, 0.6) is 0 Å². The van der Waals surface area contributed by atoms with Gasteiger partial charge in [-0.2, -0.15) is 0 Å². The lowest BCUT2D eigenvalue weighted by Gasteiger charge is -2.40. The minimum absolute atomic E-state index is 0.139. The molecule has 0 aliphatic heterocycles. The maximum Gasteiger partial charge on any atom is 0.193 e. The highest BCUT2D eigenvalue weighted by Gasteiger charge is 2.67. The summed E-state index contributed by atoms with van der Waals surface area (Å²) in [7, 11) is -1.85. The van der Waals surface area contributed by atoms with Gasteiger partial charge in [-0.25, -0.2) is 0 Å². The Morgan fingerprint density at radius 1 is 1.33 bits per heavy atom. The Morgan fingerprint density at radius 3 is 2.22 bits per heavy atom.